The van der Waals surface area contributed by atoms with Crippen molar-refractivity contribution in [2.24, 2.45) is 11.7 Å². The van der Waals surface area contributed by atoms with Gasteiger partial charge in [-0.3, -0.25) is 4.79 Å². The third kappa shape index (κ3) is 4.25. The van der Waals surface area contributed by atoms with Crippen molar-refractivity contribution >= 4 is 5.91 Å². The van der Waals surface area contributed by atoms with Crippen LogP contribution in [-0.2, 0) is 9.53 Å². The summed E-state index contributed by atoms with van der Waals surface area (Å²) in [5, 5.41) is 3.02. The Morgan fingerprint density at radius 3 is 2.78 bits per heavy atom. The molecule has 0 spiro atoms. The molecule has 4 heteroatoms. The predicted molar refractivity (Wildman–Crippen MR) is 71.2 cm³/mol. The first-order valence-corrected chi connectivity index (χ1v) is 7.39. The van der Waals surface area contributed by atoms with E-state index in [-0.39, 0.29) is 11.9 Å². The fourth-order valence-corrected chi connectivity index (χ4v) is 2.98. The zero-order valence-corrected chi connectivity index (χ0v) is 11.2. The predicted octanol–water partition coefficient (Wildman–Crippen LogP) is 1.58. The van der Waals surface area contributed by atoms with E-state index in [0.29, 0.717) is 18.4 Å². The molecule has 0 aromatic rings. The lowest BCUT2D eigenvalue weighted by molar-refractivity contribution is -0.122. The van der Waals surface area contributed by atoms with Crippen molar-refractivity contribution in [1.29, 1.82) is 0 Å². The number of carbonyl (C=O) groups is 1. The maximum absolute atomic E-state index is 11.7. The summed E-state index contributed by atoms with van der Waals surface area (Å²) < 4.78 is 5.62. The van der Waals surface area contributed by atoms with Crippen molar-refractivity contribution in [3.63, 3.8) is 0 Å². The standard InChI is InChI=1S/C14H26N2O2/c15-13-6-3-4-11(13)10-16-14(17)8-7-12-5-1-2-9-18-12/h11-13H,1-10,15H2,(H,16,17). The van der Waals surface area contributed by atoms with Crippen LogP contribution in [0.25, 0.3) is 0 Å². The summed E-state index contributed by atoms with van der Waals surface area (Å²) in [6, 6.07) is 0.284. The average molecular weight is 254 g/mol. The molecule has 3 N–H and O–H groups in total. The number of carbonyl (C=O) groups excluding carboxylic acids is 1. The van der Waals surface area contributed by atoms with E-state index in [0.717, 1.165) is 38.8 Å². The van der Waals surface area contributed by atoms with Crippen molar-refractivity contribution < 1.29 is 9.53 Å². The minimum atomic E-state index is 0.156. The van der Waals surface area contributed by atoms with Gasteiger partial charge in [0.1, 0.15) is 0 Å². The van der Waals surface area contributed by atoms with Crippen LogP contribution >= 0.6 is 0 Å². The Bertz CT molecular complexity index is 265. The Balaban J connectivity index is 1.57. The molecular formula is C14H26N2O2. The number of amides is 1. The molecule has 1 heterocycles. The van der Waals surface area contributed by atoms with Crippen LogP contribution in [0.5, 0.6) is 0 Å². The van der Waals surface area contributed by atoms with E-state index in [1.165, 1.54) is 19.3 Å². The van der Waals surface area contributed by atoms with Gasteiger partial charge in [0.25, 0.3) is 0 Å². The van der Waals surface area contributed by atoms with Gasteiger partial charge in [-0.2, -0.15) is 0 Å². The molecule has 4 nitrogen and oxygen atoms in total. The minimum absolute atomic E-state index is 0.156. The lowest BCUT2D eigenvalue weighted by atomic mass is 10.0. The Kier molecular flexibility index (Phi) is 5.45. The normalized spacial score (nSPS) is 32.4. The maximum atomic E-state index is 11.7. The first-order chi connectivity index (χ1) is 8.75. The second kappa shape index (κ2) is 7.10. The first-order valence-electron chi connectivity index (χ1n) is 7.39. The van der Waals surface area contributed by atoms with E-state index in [1.807, 2.05) is 0 Å². The van der Waals surface area contributed by atoms with Crippen molar-refractivity contribution in [2.75, 3.05) is 13.2 Å². The number of hydrogen-bond acceptors (Lipinski definition) is 3. The zero-order valence-electron chi connectivity index (χ0n) is 11.2. The Morgan fingerprint density at radius 2 is 2.11 bits per heavy atom. The third-order valence-corrected chi connectivity index (χ3v) is 4.25. The molecule has 2 fully saturated rings. The SMILES string of the molecule is NC1CCCC1CNC(=O)CCC1CCCCO1. The Labute approximate surface area is 110 Å². The number of ether oxygens (including phenoxy) is 1. The molecule has 2 rings (SSSR count). The maximum Gasteiger partial charge on any atom is 0.220 e. The molecule has 0 aromatic carbocycles. The molecule has 1 aliphatic heterocycles. The molecule has 1 amide bonds. The van der Waals surface area contributed by atoms with Crippen LogP contribution in [0.15, 0.2) is 0 Å². The topological polar surface area (TPSA) is 64.3 Å². The van der Waals surface area contributed by atoms with Crippen LogP contribution < -0.4 is 11.1 Å². The number of nitrogens with one attached hydrogen (secondary N) is 1. The second-order valence-corrected chi connectivity index (χ2v) is 5.69. The highest BCUT2D eigenvalue weighted by molar-refractivity contribution is 5.75. The lowest BCUT2D eigenvalue weighted by Crippen LogP contribution is -2.36. The van der Waals surface area contributed by atoms with E-state index in [2.05, 4.69) is 5.32 Å². The summed E-state index contributed by atoms with van der Waals surface area (Å²) in [5.74, 6) is 0.642. The quantitative estimate of drug-likeness (QED) is 0.783. The summed E-state index contributed by atoms with van der Waals surface area (Å²) in [6.07, 6.45) is 8.75. The highest BCUT2D eigenvalue weighted by atomic mass is 16.5. The van der Waals surface area contributed by atoms with Crippen LogP contribution in [-0.4, -0.2) is 31.2 Å². The molecule has 3 unspecified atom stereocenters. The van der Waals surface area contributed by atoms with Crippen LogP contribution in [0.4, 0.5) is 0 Å². The molecule has 1 saturated carbocycles. The van der Waals surface area contributed by atoms with Gasteiger partial charge in [-0.25, -0.2) is 0 Å². The van der Waals surface area contributed by atoms with Crippen LogP contribution in [0.2, 0.25) is 0 Å². The number of rotatable bonds is 5. The van der Waals surface area contributed by atoms with Gasteiger partial charge in [0.15, 0.2) is 0 Å². The van der Waals surface area contributed by atoms with Gasteiger partial charge in [0, 0.05) is 25.6 Å². The minimum Gasteiger partial charge on any atom is -0.378 e. The largest absolute Gasteiger partial charge is 0.378 e. The summed E-state index contributed by atoms with van der Waals surface area (Å²) in [4.78, 5) is 11.7. The van der Waals surface area contributed by atoms with Crippen molar-refractivity contribution in [1.82, 2.24) is 5.32 Å². The lowest BCUT2D eigenvalue weighted by Gasteiger charge is -2.22. The molecule has 104 valence electrons. The van der Waals surface area contributed by atoms with Crippen LogP contribution in [0.3, 0.4) is 0 Å². The molecule has 1 saturated heterocycles. The molecule has 3 atom stereocenters. The van der Waals surface area contributed by atoms with Crippen molar-refractivity contribution in [2.45, 2.75) is 63.5 Å². The summed E-state index contributed by atoms with van der Waals surface area (Å²) in [7, 11) is 0. The van der Waals surface area contributed by atoms with Crippen LogP contribution in [0.1, 0.15) is 51.4 Å². The van der Waals surface area contributed by atoms with Gasteiger partial charge in [-0.15, -0.1) is 0 Å². The molecule has 2 aliphatic rings. The second-order valence-electron chi connectivity index (χ2n) is 5.69. The third-order valence-electron chi connectivity index (χ3n) is 4.25. The molecule has 0 bridgehead atoms. The zero-order chi connectivity index (χ0) is 12.8. The molecule has 18 heavy (non-hydrogen) atoms. The van der Waals surface area contributed by atoms with Gasteiger partial charge in [0.05, 0.1) is 6.10 Å². The van der Waals surface area contributed by atoms with E-state index < -0.39 is 0 Å². The van der Waals surface area contributed by atoms with Gasteiger partial charge in [-0.1, -0.05) is 6.42 Å². The molecular weight excluding hydrogens is 228 g/mol. The van der Waals surface area contributed by atoms with Gasteiger partial charge < -0.3 is 15.8 Å². The monoisotopic (exact) mass is 254 g/mol. The summed E-state index contributed by atoms with van der Waals surface area (Å²) in [6.45, 7) is 1.62. The van der Waals surface area contributed by atoms with Gasteiger partial charge in [-0.05, 0) is 44.4 Å². The number of hydrogen-bond donors (Lipinski definition) is 2. The molecule has 0 radical (unpaired) electrons. The Hall–Kier alpha value is -0.610. The number of nitrogens with two attached hydrogens (primary N) is 1. The highest BCUT2D eigenvalue weighted by Crippen LogP contribution is 2.23. The summed E-state index contributed by atoms with van der Waals surface area (Å²) in [5.41, 5.74) is 5.98. The van der Waals surface area contributed by atoms with Gasteiger partial charge >= 0.3 is 0 Å². The fraction of sp³-hybridized carbons (Fsp3) is 0.929. The smallest absolute Gasteiger partial charge is 0.220 e. The van der Waals surface area contributed by atoms with Crippen LogP contribution in [0, 0.1) is 5.92 Å². The average Bonchev–Trinajstić information content (AvgIpc) is 2.81. The van der Waals surface area contributed by atoms with E-state index in [1.54, 1.807) is 0 Å². The van der Waals surface area contributed by atoms with Crippen molar-refractivity contribution in [3.8, 4) is 0 Å². The first kappa shape index (κ1) is 13.8. The Morgan fingerprint density at radius 1 is 1.22 bits per heavy atom. The van der Waals surface area contributed by atoms with Crippen molar-refractivity contribution in [3.05, 3.63) is 0 Å². The van der Waals surface area contributed by atoms with E-state index in [9.17, 15) is 4.79 Å². The summed E-state index contributed by atoms with van der Waals surface area (Å²) >= 11 is 0. The molecule has 1 aliphatic carbocycles. The highest BCUT2D eigenvalue weighted by Gasteiger charge is 2.24. The van der Waals surface area contributed by atoms with Gasteiger partial charge in [0.2, 0.25) is 5.91 Å². The van der Waals surface area contributed by atoms with E-state index in [4.69, 9.17) is 10.5 Å². The fourth-order valence-electron chi connectivity index (χ4n) is 2.98. The van der Waals surface area contributed by atoms with E-state index >= 15 is 0 Å². The molecule has 0 aromatic heterocycles.